The fourth-order valence-electron chi connectivity index (χ4n) is 3.76. The summed E-state index contributed by atoms with van der Waals surface area (Å²) in [4.78, 5) is 40.9. The van der Waals surface area contributed by atoms with Crippen LogP contribution >= 0.6 is 66.8 Å². The number of amides is 3. The summed E-state index contributed by atoms with van der Waals surface area (Å²) in [5, 5.41) is 0.617. The van der Waals surface area contributed by atoms with E-state index in [-0.39, 0.29) is 24.0 Å². The molecule has 0 saturated carbocycles. The Morgan fingerprint density at radius 1 is 1.06 bits per heavy atom. The highest BCUT2D eigenvalue weighted by Gasteiger charge is 2.37. The van der Waals surface area contributed by atoms with Gasteiger partial charge in [0.15, 0.2) is 0 Å². The highest BCUT2D eigenvalue weighted by Crippen LogP contribution is 2.38. The number of ether oxygens (including phenoxy) is 1. The van der Waals surface area contributed by atoms with E-state index in [0.29, 0.717) is 43.4 Å². The lowest BCUT2D eigenvalue weighted by molar-refractivity contribution is -0.136. The van der Waals surface area contributed by atoms with Crippen molar-refractivity contribution in [1.29, 1.82) is 0 Å². The summed E-state index contributed by atoms with van der Waals surface area (Å²) in [5.41, 5.74) is 1.47. The number of thioether (sulfide) groups is 1. The normalized spacial score (nSPS) is 17.4. The number of hydrogen-bond donors (Lipinski definition) is 0. The topological polar surface area (TPSA) is 66.9 Å². The minimum Gasteiger partial charge on any atom is -0.486 e. The Morgan fingerprint density at radius 3 is 2.40 bits per heavy atom. The van der Waals surface area contributed by atoms with Gasteiger partial charge in [-0.05, 0) is 98.8 Å². The first-order chi connectivity index (χ1) is 16.7. The molecule has 2 heterocycles. The van der Waals surface area contributed by atoms with E-state index >= 15 is 0 Å². The van der Waals surface area contributed by atoms with E-state index in [0.717, 1.165) is 41.5 Å². The molecule has 0 aromatic heterocycles. The predicted octanol–water partition coefficient (Wildman–Crippen LogP) is 7.15. The molecule has 6 nitrogen and oxygen atoms in total. The van der Waals surface area contributed by atoms with Crippen LogP contribution in [-0.4, -0.2) is 46.5 Å². The van der Waals surface area contributed by atoms with Crippen molar-refractivity contribution in [2.75, 3.05) is 19.6 Å². The number of carbonyl (C=O) groups excluding carboxylic acids is 3. The lowest BCUT2D eigenvalue weighted by Crippen LogP contribution is -2.44. The third-order valence-electron chi connectivity index (χ3n) is 5.58. The molecule has 2 aliphatic heterocycles. The molecule has 3 amide bonds. The van der Waals surface area contributed by atoms with Crippen molar-refractivity contribution in [3.63, 3.8) is 0 Å². The molecule has 2 saturated heterocycles. The molecule has 2 aliphatic rings. The zero-order valence-electron chi connectivity index (χ0n) is 18.4. The highest BCUT2D eigenvalue weighted by molar-refractivity contribution is 9.11. The van der Waals surface area contributed by atoms with E-state index in [2.05, 4.69) is 31.9 Å². The second kappa shape index (κ2) is 11.7. The van der Waals surface area contributed by atoms with Gasteiger partial charge in [-0.25, -0.2) is 0 Å². The first-order valence-corrected chi connectivity index (χ1v) is 14.0. The molecule has 0 aliphatic carbocycles. The van der Waals surface area contributed by atoms with Crippen LogP contribution in [-0.2, 0) is 16.2 Å². The maximum atomic E-state index is 12.9. The van der Waals surface area contributed by atoms with Gasteiger partial charge in [0.1, 0.15) is 18.9 Å². The number of nitrogens with zero attached hydrogens (tertiary/aromatic N) is 2. The Labute approximate surface area is 234 Å². The van der Waals surface area contributed by atoms with Crippen LogP contribution in [0.1, 0.15) is 30.4 Å². The van der Waals surface area contributed by atoms with E-state index in [1.807, 2.05) is 0 Å². The fourth-order valence-corrected chi connectivity index (χ4v) is 6.51. The summed E-state index contributed by atoms with van der Waals surface area (Å²) in [6.07, 6.45) is 4.62. The van der Waals surface area contributed by atoms with Gasteiger partial charge in [0.25, 0.3) is 11.1 Å². The number of carbonyl (C=O) groups is 3. The van der Waals surface area contributed by atoms with Gasteiger partial charge in [0.2, 0.25) is 5.91 Å². The van der Waals surface area contributed by atoms with Gasteiger partial charge in [-0.15, -0.1) is 0 Å². The van der Waals surface area contributed by atoms with Crippen molar-refractivity contribution >= 4 is 90.0 Å². The number of halogens is 4. The zero-order valence-corrected chi connectivity index (χ0v) is 23.9. The van der Waals surface area contributed by atoms with E-state index in [4.69, 9.17) is 27.9 Å². The molecule has 0 radical (unpaired) electrons. The van der Waals surface area contributed by atoms with Crippen LogP contribution < -0.4 is 4.74 Å². The first kappa shape index (κ1) is 26.5. The van der Waals surface area contributed by atoms with Crippen molar-refractivity contribution in [2.45, 2.75) is 25.9 Å². The molecule has 0 atom stereocenters. The predicted molar refractivity (Wildman–Crippen MR) is 146 cm³/mol. The maximum absolute atomic E-state index is 12.9. The molecular formula is C24H20Br2Cl2N2O4S. The minimum atomic E-state index is -0.463. The lowest BCUT2D eigenvalue weighted by atomic mass is 10.1. The molecule has 184 valence electrons. The zero-order chi connectivity index (χ0) is 25.1. The van der Waals surface area contributed by atoms with Gasteiger partial charge in [0.05, 0.1) is 13.9 Å². The summed E-state index contributed by atoms with van der Waals surface area (Å²) in [7, 11) is 0. The molecule has 2 aromatic carbocycles. The molecule has 0 bridgehead atoms. The molecule has 0 N–H and O–H groups in total. The van der Waals surface area contributed by atoms with Crippen LogP contribution in [0, 0.1) is 0 Å². The molecule has 0 unspecified atom stereocenters. The molecule has 0 spiro atoms. The van der Waals surface area contributed by atoms with E-state index in [9.17, 15) is 14.4 Å². The average molecular weight is 663 g/mol. The average Bonchev–Trinajstić information content (AvgIpc) is 3.07. The molecule has 2 aromatic rings. The number of hydrogen-bond acceptors (Lipinski definition) is 5. The van der Waals surface area contributed by atoms with Crippen molar-refractivity contribution in [3.8, 4) is 5.75 Å². The summed E-state index contributed by atoms with van der Waals surface area (Å²) in [6, 6.07) is 8.77. The van der Waals surface area contributed by atoms with Crippen molar-refractivity contribution in [3.05, 3.63) is 65.4 Å². The van der Waals surface area contributed by atoms with Crippen molar-refractivity contribution in [1.82, 2.24) is 9.80 Å². The number of piperidine rings is 1. The van der Waals surface area contributed by atoms with Gasteiger partial charge in [0, 0.05) is 28.7 Å². The van der Waals surface area contributed by atoms with Crippen LogP contribution in [0.4, 0.5) is 4.79 Å². The Kier molecular flexibility index (Phi) is 8.86. The van der Waals surface area contributed by atoms with Crippen LogP contribution in [0.25, 0.3) is 6.08 Å². The molecule has 4 rings (SSSR count). The molecule has 11 heteroatoms. The molecule has 35 heavy (non-hydrogen) atoms. The summed E-state index contributed by atoms with van der Waals surface area (Å²) < 4.78 is 7.25. The molecule has 2 fully saturated rings. The smallest absolute Gasteiger partial charge is 0.294 e. The number of benzene rings is 2. The maximum Gasteiger partial charge on any atom is 0.294 e. The van der Waals surface area contributed by atoms with Crippen LogP contribution in [0.5, 0.6) is 5.75 Å². The number of rotatable bonds is 6. The van der Waals surface area contributed by atoms with E-state index in [1.165, 1.54) is 0 Å². The second-order valence-electron chi connectivity index (χ2n) is 8.05. The fraction of sp³-hybridized carbons (Fsp3) is 0.292. The van der Waals surface area contributed by atoms with E-state index < -0.39 is 11.1 Å². The van der Waals surface area contributed by atoms with Crippen LogP contribution in [0.2, 0.25) is 10.0 Å². The Balaban J connectivity index is 1.45. The lowest BCUT2D eigenvalue weighted by Gasteiger charge is -2.27. The Bertz CT molecular complexity index is 1200. The van der Waals surface area contributed by atoms with Crippen molar-refractivity contribution < 1.29 is 19.1 Å². The largest absolute Gasteiger partial charge is 0.486 e. The van der Waals surface area contributed by atoms with Crippen LogP contribution in [0.3, 0.4) is 0 Å². The van der Waals surface area contributed by atoms with Gasteiger partial charge >= 0.3 is 0 Å². The SMILES string of the molecule is O=C(CN1C(=O)S/C(=C/c2cc(Br)c(OCc3ccc(Cl)cc3Cl)c(Br)c2)C1=O)N1CCCCC1. The van der Waals surface area contributed by atoms with Gasteiger partial charge in [-0.3, -0.25) is 19.3 Å². The summed E-state index contributed by atoms with van der Waals surface area (Å²) in [5.74, 6) is -0.0928. The van der Waals surface area contributed by atoms with Gasteiger partial charge < -0.3 is 9.64 Å². The third-order valence-corrected chi connectivity index (χ3v) is 8.25. The Hall–Kier alpha value is -1.52. The minimum absolute atomic E-state index is 0.193. The van der Waals surface area contributed by atoms with Gasteiger partial charge in [-0.2, -0.15) is 0 Å². The second-order valence-corrected chi connectivity index (χ2v) is 11.6. The summed E-state index contributed by atoms with van der Waals surface area (Å²) in [6.45, 7) is 1.35. The quantitative estimate of drug-likeness (QED) is 0.308. The third kappa shape index (κ3) is 6.43. The van der Waals surface area contributed by atoms with Crippen molar-refractivity contribution in [2.24, 2.45) is 0 Å². The molecular weight excluding hydrogens is 643 g/mol. The standard InChI is InChI=1S/C24H20Br2Cl2N2O4S/c25-17-8-14(9-18(26)22(17)34-13-15-4-5-16(27)11-19(15)28)10-20-23(32)30(24(33)35-20)12-21(31)29-6-2-1-3-7-29/h4-5,8-11H,1-3,6-7,12-13H2/b20-10+. The monoisotopic (exact) mass is 660 g/mol. The highest BCUT2D eigenvalue weighted by atomic mass is 79.9. The van der Waals surface area contributed by atoms with Gasteiger partial charge in [-0.1, -0.05) is 29.3 Å². The number of imide groups is 1. The first-order valence-electron chi connectivity index (χ1n) is 10.8. The summed E-state index contributed by atoms with van der Waals surface area (Å²) >= 11 is 20.0. The Morgan fingerprint density at radius 2 is 1.74 bits per heavy atom. The number of likely N-dealkylation sites (tertiary alicyclic amines) is 1. The van der Waals surface area contributed by atoms with Crippen LogP contribution in [0.15, 0.2) is 44.2 Å². The van der Waals surface area contributed by atoms with E-state index in [1.54, 1.807) is 41.3 Å².